The molecule has 1 aliphatic rings. The molecule has 4 heteroatoms. The summed E-state index contributed by atoms with van der Waals surface area (Å²) in [6, 6.07) is 10.4. The van der Waals surface area contributed by atoms with Crippen LogP contribution in [0.1, 0.15) is 5.56 Å². The van der Waals surface area contributed by atoms with Crippen molar-refractivity contribution in [3.63, 3.8) is 0 Å². The van der Waals surface area contributed by atoms with E-state index in [0.717, 1.165) is 18.8 Å². The van der Waals surface area contributed by atoms with Gasteiger partial charge < -0.3 is 4.90 Å². The molecular formula is C12H11N3Zn. The predicted octanol–water partition coefficient (Wildman–Crippen LogP) is 2.17. The number of para-hydroxylation sites is 1. The van der Waals surface area contributed by atoms with Crippen LogP contribution in [0.25, 0.3) is 0 Å². The number of nitrogens with zero attached hydrogens (tertiary/aromatic N) is 3. The van der Waals surface area contributed by atoms with Crippen molar-refractivity contribution in [3.8, 4) is 0 Å². The van der Waals surface area contributed by atoms with Crippen LogP contribution in [0.2, 0.25) is 0 Å². The number of fused-ring (bicyclic) bond motifs is 1. The van der Waals surface area contributed by atoms with Gasteiger partial charge in [0.1, 0.15) is 12.1 Å². The van der Waals surface area contributed by atoms with Crippen LogP contribution in [0.4, 0.5) is 11.5 Å². The van der Waals surface area contributed by atoms with E-state index in [0.29, 0.717) is 0 Å². The second-order valence-corrected chi connectivity index (χ2v) is 3.60. The fourth-order valence-corrected chi connectivity index (χ4v) is 2.02. The molecule has 0 amide bonds. The van der Waals surface area contributed by atoms with E-state index in [4.69, 9.17) is 0 Å². The van der Waals surface area contributed by atoms with Gasteiger partial charge in [-0.3, -0.25) is 0 Å². The van der Waals surface area contributed by atoms with Crippen molar-refractivity contribution in [2.45, 2.75) is 6.42 Å². The Hall–Kier alpha value is -1.28. The van der Waals surface area contributed by atoms with E-state index in [9.17, 15) is 0 Å². The van der Waals surface area contributed by atoms with Gasteiger partial charge in [-0.25, -0.2) is 9.97 Å². The minimum atomic E-state index is 0. The zero-order valence-electron chi connectivity index (χ0n) is 9.00. The molecule has 2 heterocycles. The van der Waals surface area contributed by atoms with Gasteiger partial charge in [0, 0.05) is 37.9 Å². The van der Waals surface area contributed by atoms with Crippen LogP contribution in [0.5, 0.6) is 0 Å². The van der Waals surface area contributed by atoms with Gasteiger partial charge in [0.25, 0.3) is 0 Å². The standard InChI is InChI=1S/C12H11N3.Zn/c1-2-4-11-10(3-1)6-8-15(11)12-5-7-13-9-14-12;/h1-5,7,9H,6,8H2;. The summed E-state index contributed by atoms with van der Waals surface area (Å²) in [4.78, 5) is 10.4. The van der Waals surface area contributed by atoms with Gasteiger partial charge in [-0.15, -0.1) is 0 Å². The Morgan fingerprint density at radius 1 is 1.12 bits per heavy atom. The number of hydrogen-bond donors (Lipinski definition) is 0. The van der Waals surface area contributed by atoms with E-state index in [-0.39, 0.29) is 19.5 Å². The molecule has 0 N–H and O–H groups in total. The molecule has 76 valence electrons. The first-order valence-electron chi connectivity index (χ1n) is 5.06. The van der Waals surface area contributed by atoms with E-state index in [1.54, 1.807) is 12.5 Å². The van der Waals surface area contributed by atoms with Crippen molar-refractivity contribution < 1.29 is 19.5 Å². The van der Waals surface area contributed by atoms with Gasteiger partial charge in [-0.05, 0) is 24.1 Å². The summed E-state index contributed by atoms with van der Waals surface area (Å²) in [6.45, 7) is 1.01. The van der Waals surface area contributed by atoms with Crippen molar-refractivity contribution >= 4 is 11.5 Å². The normalized spacial score (nSPS) is 13.1. The van der Waals surface area contributed by atoms with Crippen LogP contribution < -0.4 is 4.90 Å². The molecule has 0 unspecified atom stereocenters. The third-order valence-electron chi connectivity index (χ3n) is 2.73. The van der Waals surface area contributed by atoms with Crippen LogP contribution in [-0.4, -0.2) is 16.5 Å². The molecule has 0 saturated carbocycles. The Morgan fingerprint density at radius 3 is 2.81 bits per heavy atom. The number of benzene rings is 1. The molecular weight excluding hydrogens is 252 g/mol. The topological polar surface area (TPSA) is 29.0 Å². The van der Waals surface area contributed by atoms with Crippen molar-refractivity contribution in [2.24, 2.45) is 0 Å². The van der Waals surface area contributed by atoms with Gasteiger partial charge in [-0.2, -0.15) is 0 Å². The molecule has 16 heavy (non-hydrogen) atoms. The van der Waals surface area contributed by atoms with E-state index >= 15 is 0 Å². The Balaban J connectivity index is 0.000000963. The molecule has 3 rings (SSSR count). The first-order valence-corrected chi connectivity index (χ1v) is 5.06. The first-order chi connectivity index (χ1) is 7.45. The van der Waals surface area contributed by atoms with E-state index in [2.05, 4.69) is 39.1 Å². The van der Waals surface area contributed by atoms with Crippen molar-refractivity contribution in [1.29, 1.82) is 0 Å². The number of anilines is 2. The zero-order valence-corrected chi connectivity index (χ0v) is 12.0. The summed E-state index contributed by atoms with van der Waals surface area (Å²) >= 11 is 0. The molecule has 0 saturated heterocycles. The minimum absolute atomic E-state index is 0. The molecule has 1 aromatic carbocycles. The molecule has 0 radical (unpaired) electrons. The number of aromatic nitrogens is 2. The Kier molecular flexibility index (Phi) is 3.30. The molecule has 3 nitrogen and oxygen atoms in total. The second-order valence-electron chi connectivity index (χ2n) is 3.60. The monoisotopic (exact) mass is 261 g/mol. The summed E-state index contributed by atoms with van der Waals surface area (Å²) in [7, 11) is 0. The van der Waals surface area contributed by atoms with E-state index in [1.165, 1.54) is 11.3 Å². The minimum Gasteiger partial charge on any atom is -0.326 e. The molecule has 0 spiro atoms. The van der Waals surface area contributed by atoms with E-state index in [1.807, 2.05) is 6.07 Å². The summed E-state index contributed by atoms with van der Waals surface area (Å²) in [5.74, 6) is 0.981. The third kappa shape index (κ3) is 1.85. The van der Waals surface area contributed by atoms with Crippen LogP contribution >= 0.6 is 0 Å². The van der Waals surface area contributed by atoms with Gasteiger partial charge in [-0.1, -0.05) is 18.2 Å². The maximum Gasteiger partial charge on any atom is 0.136 e. The maximum absolute atomic E-state index is 4.27. The van der Waals surface area contributed by atoms with E-state index < -0.39 is 0 Å². The zero-order chi connectivity index (χ0) is 10.1. The molecule has 0 bridgehead atoms. The Labute approximate surface area is 107 Å². The second kappa shape index (κ2) is 4.71. The van der Waals surface area contributed by atoms with Crippen LogP contribution in [0, 0.1) is 0 Å². The van der Waals surface area contributed by atoms with Crippen LogP contribution in [0.15, 0.2) is 42.9 Å². The SMILES string of the molecule is [Zn].c1ccc2c(c1)CCN2c1ccncn1. The predicted molar refractivity (Wildman–Crippen MR) is 59.2 cm³/mol. The van der Waals surface area contributed by atoms with Crippen LogP contribution in [0.3, 0.4) is 0 Å². The average Bonchev–Trinajstić information content (AvgIpc) is 2.74. The summed E-state index contributed by atoms with van der Waals surface area (Å²) in [5.41, 5.74) is 2.67. The van der Waals surface area contributed by atoms with Crippen molar-refractivity contribution in [3.05, 3.63) is 48.4 Å². The molecule has 2 aromatic rings. The maximum atomic E-state index is 4.27. The first kappa shape index (κ1) is 11.2. The molecule has 0 aliphatic carbocycles. The fourth-order valence-electron chi connectivity index (χ4n) is 2.02. The van der Waals surface area contributed by atoms with Crippen LogP contribution in [-0.2, 0) is 25.9 Å². The van der Waals surface area contributed by atoms with Gasteiger partial charge >= 0.3 is 0 Å². The summed E-state index contributed by atoms with van der Waals surface area (Å²) in [6.07, 6.45) is 4.47. The number of rotatable bonds is 1. The molecule has 1 aromatic heterocycles. The quantitative estimate of drug-likeness (QED) is 0.738. The average molecular weight is 263 g/mol. The molecule has 0 fully saturated rings. The summed E-state index contributed by atoms with van der Waals surface area (Å²) in [5, 5.41) is 0. The van der Waals surface area contributed by atoms with Crippen molar-refractivity contribution in [1.82, 2.24) is 9.97 Å². The van der Waals surface area contributed by atoms with Gasteiger partial charge in [0.05, 0.1) is 0 Å². The molecule has 0 atom stereocenters. The fraction of sp³-hybridized carbons (Fsp3) is 0.167. The third-order valence-corrected chi connectivity index (χ3v) is 2.73. The van der Waals surface area contributed by atoms with Crippen molar-refractivity contribution in [2.75, 3.05) is 11.4 Å². The van der Waals surface area contributed by atoms with Gasteiger partial charge in [0.2, 0.25) is 0 Å². The largest absolute Gasteiger partial charge is 0.326 e. The molecule has 1 aliphatic heterocycles. The Bertz CT molecular complexity index is 473. The summed E-state index contributed by atoms with van der Waals surface area (Å²) < 4.78 is 0. The number of hydrogen-bond acceptors (Lipinski definition) is 3. The Morgan fingerprint density at radius 2 is 2.00 bits per heavy atom. The smallest absolute Gasteiger partial charge is 0.136 e. The van der Waals surface area contributed by atoms with Gasteiger partial charge in [0.15, 0.2) is 0 Å².